The average molecular weight is 210 g/mol. The standard InChI is InChI=1S/C8H10N4O3/c1-14-2-3-15-8-9-4-5-6(12-8)11-7(13)10-5/h4H,2-3H2,1H3,(H2,9,10,11,12,13). The number of imidazole rings is 1. The van der Waals surface area contributed by atoms with E-state index < -0.39 is 0 Å². The van der Waals surface area contributed by atoms with Crippen LogP contribution in [-0.4, -0.2) is 40.3 Å². The molecular formula is C8H10N4O3. The van der Waals surface area contributed by atoms with Crippen LogP contribution in [0.1, 0.15) is 0 Å². The van der Waals surface area contributed by atoms with Crippen LogP contribution < -0.4 is 10.4 Å². The second-order valence-corrected chi connectivity index (χ2v) is 2.84. The fourth-order valence-electron chi connectivity index (χ4n) is 1.10. The predicted octanol–water partition coefficient (Wildman–Crippen LogP) is -0.329. The zero-order valence-electron chi connectivity index (χ0n) is 8.11. The molecule has 0 amide bonds. The Morgan fingerprint density at radius 1 is 1.40 bits per heavy atom. The van der Waals surface area contributed by atoms with Crippen LogP contribution in [0, 0.1) is 0 Å². The topological polar surface area (TPSA) is 92.9 Å². The van der Waals surface area contributed by atoms with Crippen LogP contribution in [-0.2, 0) is 4.74 Å². The van der Waals surface area contributed by atoms with E-state index in [1.165, 1.54) is 6.20 Å². The van der Waals surface area contributed by atoms with Crippen molar-refractivity contribution in [1.82, 2.24) is 19.9 Å². The zero-order chi connectivity index (χ0) is 10.7. The molecule has 0 fully saturated rings. The van der Waals surface area contributed by atoms with Crippen LogP contribution in [0.5, 0.6) is 6.01 Å². The highest BCUT2D eigenvalue weighted by Crippen LogP contribution is 2.06. The maximum absolute atomic E-state index is 10.9. The molecule has 2 heterocycles. The Balaban J connectivity index is 2.19. The molecule has 2 aromatic rings. The molecule has 0 aromatic carbocycles. The number of hydrogen-bond acceptors (Lipinski definition) is 5. The summed E-state index contributed by atoms with van der Waals surface area (Å²) in [6.07, 6.45) is 1.49. The Hall–Kier alpha value is -1.89. The van der Waals surface area contributed by atoms with Gasteiger partial charge in [0.25, 0.3) is 0 Å². The first-order chi connectivity index (χ1) is 7.29. The van der Waals surface area contributed by atoms with Gasteiger partial charge < -0.3 is 14.5 Å². The van der Waals surface area contributed by atoms with Gasteiger partial charge in [0.15, 0.2) is 5.65 Å². The number of nitrogens with one attached hydrogen (secondary N) is 2. The van der Waals surface area contributed by atoms with Crippen molar-refractivity contribution in [2.45, 2.75) is 0 Å². The lowest BCUT2D eigenvalue weighted by Crippen LogP contribution is -2.06. The Labute approximate surface area is 84.5 Å². The SMILES string of the molecule is COCCOc1ncc2[nH]c(=O)[nH]c2n1. The van der Waals surface area contributed by atoms with Crippen molar-refractivity contribution in [3.63, 3.8) is 0 Å². The van der Waals surface area contributed by atoms with Gasteiger partial charge in [-0.05, 0) is 0 Å². The molecule has 0 spiro atoms. The summed E-state index contributed by atoms with van der Waals surface area (Å²) in [5, 5.41) is 0. The number of H-pyrrole nitrogens is 2. The van der Waals surface area contributed by atoms with Crippen molar-refractivity contribution >= 4 is 11.2 Å². The molecule has 80 valence electrons. The van der Waals surface area contributed by atoms with Crippen molar-refractivity contribution in [2.24, 2.45) is 0 Å². The van der Waals surface area contributed by atoms with Gasteiger partial charge in [0.2, 0.25) is 0 Å². The number of nitrogens with zero attached hydrogens (tertiary/aromatic N) is 2. The van der Waals surface area contributed by atoms with E-state index in [0.29, 0.717) is 24.4 Å². The van der Waals surface area contributed by atoms with Gasteiger partial charge in [-0.2, -0.15) is 4.98 Å². The molecule has 0 unspecified atom stereocenters. The van der Waals surface area contributed by atoms with Crippen molar-refractivity contribution in [3.8, 4) is 6.01 Å². The van der Waals surface area contributed by atoms with Gasteiger partial charge in [0, 0.05) is 7.11 Å². The first-order valence-electron chi connectivity index (χ1n) is 4.36. The lowest BCUT2D eigenvalue weighted by Gasteiger charge is -2.01. The van der Waals surface area contributed by atoms with Crippen LogP contribution in [0.4, 0.5) is 0 Å². The number of rotatable bonds is 4. The molecular weight excluding hydrogens is 200 g/mol. The third-order valence-corrected chi connectivity index (χ3v) is 1.77. The van der Waals surface area contributed by atoms with Crippen LogP contribution in [0.15, 0.2) is 11.0 Å². The average Bonchev–Trinajstić information content (AvgIpc) is 2.57. The second kappa shape index (κ2) is 4.09. The normalized spacial score (nSPS) is 10.7. The molecule has 0 radical (unpaired) electrons. The Morgan fingerprint density at radius 3 is 3.07 bits per heavy atom. The minimum atomic E-state index is -0.312. The molecule has 7 heteroatoms. The summed E-state index contributed by atoms with van der Waals surface area (Å²) in [5.41, 5.74) is 0.676. The largest absolute Gasteiger partial charge is 0.461 e. The van der Waals surface area contributed by atoms with E-state index >= 15 is 0 Å². The van der Waals surface area contributed by atoms with E-state index in [2.05, 4.69) is 19.9 Å². The van der Waals surface area contributed by atoms with E-state index in [9.17, 15) is 4.79 Å². The Kier molecular flexibility index (Phi) is 2.64. The minimum Gasteiger partial charge on any atom is -0.461 e. The van der Waals surface area contributed by atoms with Crippen LogP contribution in [0.25, 0.3) is 11.2 Å². The first kappa shape index (κ1) is 9.66. The third kappa shape index (κ3) is 2.13. The highest BCUT2D eigenvalue weighted by molar-refractivity contribution is 5.68. The molecule has 0 aliphatic heterocycles. The van der Waals surface area contributed by atoms with E-state index in [1.54, 1.807) is 7.11 Å². The van der Waals surface area contributed by atoms with Gasteiger partial charge in [-0.3, -0.25) is 4.98 Å². The van der Waals surface area contributed by atoms with Crippen molar-refractivity contribution < 1.29 is 9.47 Å². The van der Waals surface area contributed by atoms with E-state index in [1.807, 2.05) is 0 Å². The lowest BCUT2D eigenvalue weighted by atomic mass is 10.6. The number of hydrogen-bond donors (Lipinski definition) is 2. The Morgan fingerprint density at radius 2 is 2.27 bits per heavy atom. The van der Waals surface area contributed by atoms with Gasteiger partial charge in [0.1, 0.15) is 12.1 Å². The van der Waals surface area contributed by atoms with Crippen molar-refractivity contribution in [2.75, 3.05) is 20.3 Å². The fourth-order valence-corrected chi connectivity index (χ4v) is 1.10. The molecule has 0 saturated heterocycles. The van der Waals surface area contributed by atoms with Gasteiger partial charge in [0.05, 0.1) is 12.8 Å². The number of aromatic nitrogens is 4. The van der Waals surface area contributed by atoms with Gasteiger partial charge in [-0.25, -0.2) is 9.78 Å². The highest BCUT2D eigenvalue weighted by atomic mass is 16.5. The maximum Gasteiger partial charge on any atom is 0.325 e. The Bertz CT molecular complexity index is 504. The summed E-state index contributed by atoms with van der Waals surface area (Å²) in [6, 6.07) is 0.217. The highest BCUT2D eigenvalue weighted by Gasteiger charge is 2.03. The smallest absolute Gasteiger partial charge is 0.325 e. The third-order valence-electron chi connectivity index (χ3n) is 1.77. The number of aromatic amines is 2. The van der Waals surface area contributed by atoms with Gasteiger partial charge in [-0.1, -0.05) is 0 Å². The minimum absolute atomic E-state index is 0.217. The molecule has 2 aromatic heterocycles. The summed E-state index contributed by atoms with van der Waals surface area (Å²) in [7, 11) is 1.58. The quantitative estimate of drug-likeness (QED) is 0.674. The van der Waals surface area contributed by atoms with E-state index in [4.69, 9.17) is 9.47 Å². The molecule has 0 aliphatic carbocycles. The molecule has 2 rings (SSSR count). The molecule has 0 bridgehead atoms. The summed E-state index contributed by atoms with van der Waals surface area (Å²) >= 11 is 0. The number of fused-ring (bicyclic) bond motifs is 1. The maximum atomic E-state index is 10.9. The zero-order valence-corrected chi connectivity index (χ0v) is 8.11. The molecule has 7 nitrogen and oxygen atoms in total. The van der Waals surface area contributed by atoms with Gasteiger partial charge >= 0.3 is 11.7 Å². The van der Waals surface area contributed by atoms with E-state index in [-0.39, 0.29) is 11.7 Å². The predicted molar refractivity (Wildman–Crippen MR) is 51.9 cm³/mol. The van der Waals surface area contributed by atoms with E-state index in [0.717, 1.165) is 0 Å². The summed E-state index contributed by atoms with van der Waals surface area (Å²) < 4.78 is 9.99. The lowest BCUT2D eigenvalue weighted by molar-refractivity contribution is 0.141. The summed E-state index contributed by atoms with van der Waals surface area (Å²) in [4.78, 5) is 23.9. The number of methoxy groups -OCH3 is 1. The van der Waals surface area contributed by atoms with Gasteiger partial charge in [-0.15, -0.1) is 0 Å². The van der Waals surface area contributed by atoms with Crippen LogP contribution in [0.2, 0.25) is 0 Å². The first-order valence-corrected chi connectivity index (χ1v) is 4.36. The fraction of sp³-hybridized carbons (Fsp3) is 0.375. The summed E-state index contributed by atoms with van der Waals surface area (Å²) in [6.45, 7) is 0.835. The summed E-state index contributed by atoms with van der Waals surface area (Å²) in [5.74, 6) is 0. The van der Waals surface area contributed by atoms with Crippen LogP contribution in [0.3, 0.4) is 0 Å². The second-order valence-electron chi connectivity index (χ2n) is 2.84. The molecule has 0 aliphatic rings. The number of ether oxygens (including phenoxy) is 2. The molecule has 0 atom stereocenters. The molecule has 0 saturated carbocycles. The molecule has 15 heavy (non-hydrogen) atoms. The van der Waals surface area contributed by atoms with Crippen LogP contribution >= 0.6 is 0 Å². The molecule has 2 N–H and O–H groups in total. The van der Waals surface area contributed by atoms with Crippen molar-refractivity contribution in [3.05, 3.63) is 16.7 Å². The monoisotopic (exact) mass is 210 g/mol. The van der Waals surface area contributed by atoms with Crippen molar-refractivity contribution in [1.29, 1.82) is 0 Å².